The molecule has 3 rings (SSSR count). The van der Waals surface area contributed by atoms with E-state index in [1.54, 1.807) is 0 Å². The predicted molar refractivity (Wildman–Crippen MR) is 60.3 cm³/mol. The zero-order chi connectivity index (χ0) is 13.2. The molecular weight excluding hydrogens is 238 g/mol. The molecule has 3 N–H and O–H groups in total. The maximum atomic E-state index is 5.96. The highest BCUT2D eigenvalue weighted by atomic mass is 16.9. The molecule has 0 spiro atoms. The van der Waals surface area contributed by atoms with Gasteiger partial charge in [0.25, 0.3) is 5.79 Å². The van der Waals surface area contributed by atoms with Crippen LogP contribution in [0.5, 0.6) is 0 Å². The van der Waals surface area contributed by atoms with Crippen LogP contribution in [0.1, 0.15) is 27.7 Å². The molecule has 104 valence electrons. The van der Waals surface area contributed by atoms with Crippen molar-refractivity contribution in [2.75, 3.05) is 13.2 Å². The summed E-state index contributed by atoms with van der Waals surface area (Å²) in [6, 6.07) is 0. The maximum absolute atomic E-state index is 5.96. The molecule has 0 bridgehead atoms. The Morgan fingerprint density at radius 2 is 1.78 bits per heavy atom. The first-order valence-electron chi connectivity index (χ1n) is 6.44. The lowest BCUT2D eigenvalue weighted by atomic mass is 9.97. The fourth-order valence-electron chi connectivity index (χ4n) is 3.06. The summed E-state index contributed by atoms with van der Waals surface area (Å²) in [7, 11) is 0. The van der Waals surface area contributed by atoms with Crippen molar-refractivity contribution in [2.24, 2.45) is 0 Å². The molecule has 0 amide bonds. The van der Waals surface area contributed by atoms with E-state index >= 15 is 0 Å². The highest BCUT2D eigenvalue weighted by Crippen LogP contribution is 2.46. The Balaban J connectivity index is 1.90. The van der Waals surface area contributed by atoms with E-state index < -0.39 is 17.4 Å². The highest BCUT2D eigenvalue weighted by Gasteiger charge is 2.65. The topological polar surface area (TPSA) is 73.8 Å². The van der Waals surface area contributed by atoms with Gasteiger partial charge < -0.3 is 29.4 Å². The molecule has 0 aromatic carbocycles. The third kappa shape index (κ3) is 1.79. The Bertz CT molecular complexity index is 358. The van der Waals surface area contributed by atoms with Gasteiger partial charge in [-0.15, -0.1) is 0 Å². The summed E-state index contributed by atoms with van der Waals surface area (Å²) in [6.45, 7) is 8.48. The Kier molecular flexibility index (Phi) is 2.59. The van der Waals surface area contributed by atoms with E-state index in [1.807, 2.05) is 27.7 Å². The van der Waals surface area contributed by atoms with Gasteiger partial charge in [-0.05, 0) is 27.7 Å². The van der Waals surface area contributed by atoms with Gasteiger partial charge in [0, 0.05) is 0 Å². The van der Waals surface area contributed by atoms with Crippen molar-refractivity contribution in [3.05, 3.63) is 0 Å². The zero-order valence-electron chi connectivity index (χ0n) is 11.4. The molecule has 6 heteroatoms. The van der Waals surface area contributed by atoms with Crippen molar-refractivity contribution in [1.29, 1.82) is 0 Å². The molecule has 0 radical (unpaired) electrons. The lowest BCUT2D eigenvalue weighted by molar-refractivity contribution is -0.449. The highest BCUT2D eigenvalue weighted by molar-refractivity contribution is 5.02. The van der Waals surface area contributed by atoms with E-state index in [1.165, 1.54) is 0 Å². The number of quaternary nitrogens is 1. The Hall–Kier alpha value is -0.240. The van der Waals surface area contributed by atoms with Crippen LogP contribution < -0.4 is 5.73 Å². The van der Waals surface area contributed by atoms with Crippen molar-refractivity contribution in [3.8, 4) is 0 Å². The van der Waals surface area contributed by atoms with Gasteiger partial charge in [0.2, 0.25) is 0 Å². The van der Waals surface area contributed by atoms with Crippen LogP contribution in [0.2, 0.25) is 0 Å². The zero-order valence-corrected chi connectivity index (χ0v) is 11.4. The van der Waals surface area contributed by atoms with E-state index in [0.29, 0.717) is 13.2 Å². The normalized spacial score (nSPS) is 48.8. The second kappa shape index (κ2) is 3.65. The molecule has 3 heterocycles. The summed E-state index contributed by atoms with van der Waals surface area (Å²) < 4.78 is 29.5. The standard InChI is InChI=1S/C12H21NO5/c1-10(2)15-7-5-14-12(6-13)9(8(7)16-10)17-11(3,4)18-12/h7-9H,5-6,13H2,1-4H3/p+1/t7-,8+,9+,12+/m0/s1. The van der Waals surface area contributed by atoms with Gasteiger partial charge >= 0.3 is 0 Å². The summed E-state index contributed by atoms with van der Waals surface area (Å²) >= 11 is 0. The molecule has 0 aliphatic carbocycles. The minimum absolute atomic E-state index is 0.109. The fourth-order valence-corrected chi connectivity index (χ4v) is 3.06. The number of rotatable bonds is 1. The van der Waals surface area contributed by atoms with Crippen molar-refractivity contribution >= 4 is 0 Å². The average molecular weight is 260 g/mol. The largest absolute Gasteiger partial charge is 0.353 e. The first-order valence-corrected chi connectivity index (χ1v) is 6.44. The minimum atomic E-state index is -0.811. The number of ether oxygens (including phenoxy) is 5. The Morgan fingerprint density at radius 3 is 2.44 bits per heavy atom. The minimum Gasteiger partial charge on any atom is -0.353 e. The first kappa shape index (κ1) is 12.8. The number of fused-ring (bicyclic) bond motifs is 3. The van der Waals surface area contributed by atoms with Crippen LogP contribution in [-0.4, -0.2) is 48.8 Å². The molecule has 0 aromatic rings. The molecule has 3 fully saturated rings. The van der Waals surface area contributed by atoms with Crippen LogP contribution in [-0.2, 0) is 23.7 Å². The Labute approximate surface area is 107 Å². The summed E-state index contributed by atoms with van der Waals surface area (Å²) in [5.41, 5.74) is 3.93. The van der Waals surface area contributed by atoms with Gasteiger partial charge in [-0.3, -0.25) is 0 Å². The van der Waals surface area contributed by atoms with Crippen molar-refractivity contribution < 1.29 is 29.4 Å². The van der Waals surface area contributed by atoms with Crippen LogP contribution in [0.4, 0.5) is 0 Å². The van der Waals surface area contributed by atoms with E-state index in [4.69, 9.17) is 23.7 Å². The summed E-state index contributed by atoms with van der Waals surface area (Å²) in [5.74, 6) is -2.10. The van der Waals surface area contributed by atoms with Gasteiger partial charge in [-0.2, -0.15) is 0 Å². The predicted octanol–water partition coefficient (Wildman–Crippen LogP) is -0.374. The maximum Gasteiger partial charge on any atom is 0.251 e. The van der Waals surface area contributed by atoms with E-state index in [2.05, 4.69) is 5.73 Å². The molecule has 18 heavy (non-hydrogen) atoms. The van der Waals surface area contributed by atoms with Crippen molar-refractivity contribution in [1.82, 2.24) is 0 Å². The monoisotopic (exact) mass is 260 g/mol. The third-order valence-electron chi connectivity index (χ3n) is 3.62. The van der Waals surface area contributed by atoms with Gasteiger partial charge in [0.05, 0.1) is 6.61 Å². The quantitative estimate of drug-likeness (QED) is 0.696. The van der Waals surface area contributed by atoms with Crippen molar-refractivity contribution in [3.63, 3.8) is 0 Å². The summed E-state index contributed by atoms with van der Waals surface area (Å²) in [5, 5.41) is 0. The molecule has 3 saturated heterocycles. The van der Waals surface area contributed by atoms with E-state index in [-0.39, 0.29) is 18.3 Å². The molecule has 0 unspecified atom stereocenters. The molecule has 4 atom stereocenters. The molecule has 6 nitrogen and oxygen atoms in total. The molecule has 0 saturated carbocycles. The van der Waals surface area contributed by atoms with Gasteiger partial charge in [0.1, 0.15) is 24.9 Å². The Morgan fingerprint density at radius 1 is 1.06 bits per heavy atom. The van der Waals surface area contributed by atoms with Gasteiger partial charge in [-0.1, -0.05) is 0 Å². The molecular formula is C12H22NO5+. The second-order valence-corrected chi connectivity index (χ2v) is 6.05. The fraction of sp³-hybridized carbons (Fsp3) is 1.00. The number of hydrogen-bond donors (Lipinski definition) is 1. The van der Waals surface area contributed by atoms with Crippen LogP contribution in [0.3, 0.4) is 0 Å². The van der Waals surface area contributed by atoms with E-state index in [9.17, 15) is 0 Å². The van der Waals surface area contributed by atoms with Crippen LogP contribution in [0.15, 0.2) is 0 Å². The van der Waals surface area contributed by atoms with Gasteiger partial charge in [0.15, 0.2) is 11.6 Å². The lowest BCUT2D eigenvalue weighted by Gasteiger charge is -2.38. The van der Waals surface area contributed by atoms with E-state index in [0.717, 1.165) is 0 Å². The second-order valence-electron chi connectivity index (χ2n) is 6.05. The molecule has 3 aliphatic rings. The van der Waals surface area contributed by atoms with Crippen LogP contribution >= 0.6 is 0 Å². The van der Waals surface area contributed by atoms with Crippen LogP contribution in [0, 0.1) is 0 Å². The van der Waals surface area contributed by atoms with Crippen LogP contribution in [0.25, 0.3) is 0 Å². The molecule has 3 aliphatic heterocycles. The number of hydrogen-bond acceptors (Lipinski definition) is 5. The molecule has 0 aromatic heterocycles. The third-order valence-corrected chi connectivity index (χ3v) is 3.62. The first-order chi connectivity index (χ1) is 8.27. The van der Waals surface area contributed by atoms with Gasteiger partial charge in [-0.25, -0.2) is 0 Å². The summed E-state index contributed by atoms with van der Waals surface area (Å²) in [4.78, 5) is 0. The van der Waals surface area contributed by atoms with Crippen molar-refractivity contribution in [2.45, 2.75) is 63.4 Å². The summed E-state index contributed by atoms with van der Waals surface area (Å²) in [6.07, 6.45) is -0.579. The SMILES string of the molecule is CC1(C)O[C@@H]2[C@H](CO[C@]3(C[NH3+])OC(C)(C)O[C@H]23)O1. The average Bonchev–Trinajstić information content (AvgIpc) is 2.70. The lowest BCUT2D eigenvalue weighted by Crippen LogP contribution is -2.70. The smallest absolute Gasteiger partial charge is 0.251 e.